The van der Waals surface area contributed by atoms with E-state index >= 15 is 0 Å². The lowest BCUT2D eigenvalue weighted by Crippen LogP contribution is -2.39. The molecule has 98 valence electrons. The molecule has 0 spiro atoms. The van der Waals surface area contributed by atoms with E-state index in [4.69, 9.17) is 11.6 Å². The molecule has 0 atom stereocenters. The van der Waals surface area contributed by atoms with Crippen LogP contribution in [0.2, 0.25) is 5.02 Å². The molecule has 0 unspecified atom stereocenters. The molecule has 0 aliphatic heterocycles. The van der Waals surface area contributed by atoms with E-state index in [-0.39, 0.29) is 5.91 Å². The lowest BCUT2D eigenvalue weighted by molar-refractivity contribution is 0.0679. The van der Waals surface area contributed by atoms with Crippen LogP contribution in [0.25, 0.3) is 0 Å². The molecule has 1 amide bonds. The first kappa shape index (κ1) is 13.3. The Bertz CT molecular complexity index is 428. The zero-order valence-corrected chi connectivity index (χ0v) is 11.7. The lowest BCUT2D eigenvalue weighted by atomic mass is 9.86. The van der Waals surface area contributed by atoms with Gasteiger partial charge in [-0.2, -0.15) is 0 Å². The second-order valence-corrected chi connectivity index (χ2v) is 5.59. The maximum atomic E-state index is 12.4. The second-order valence-electron chi connectivity index (χ2n) is 5.19. The van der Waals surface area contributed by atoms with Gasteiger partial charge in [0.15, 0.2) is 0 Å². The largest absolute Gasteiger partial charge is 0.339 e. The first-order valence-electron chi connectivity index (χ1n) is 6.46. The van der Waals surface area contributed by atoms with E-state index in [1.54, 1.807) is 12.3 Å². The van der Waals surface area contributed by atoms with Crippen LogP contribution < -0.4 is 0 Å². The highest BCUT2D eigenvalue weighted by Gasteiger charge is 2.26. The highest BCUT2D eigenvalue weighted by Crippen LogP contribution is 2.27. The molecule has 1 aromatic rings. The molecular formula is C14H19ClN2O. The molecule has 1 aromatic heterocycles. The van der Waals surface area contributed by atoms with Crippen LogP contribution in [0.5, 0.6) is 0 Å². The number of aromatic nitrogens is 1. The van der Waals surface area contributed by atoms with Gasteiger partial charge in [-0.15, -0.1) is 0 Å². The van der Waals surface area contributed by atoms with Gasteiger partial charge in [0, 0.05) is 25.5 Å². The fraction of sp³-hybridized carbons (Fsp3) is 0.571. The minimum absolute atomic E-state index is 0.00181. The lowest BCUT2D eigenvalue weighted by Gasteiger charge is -2.33. The number of amides is 1. The molecule has 4 heteroatoms. The number of halogens is 1. The van der Waals surface area contributed by atoms with Crippen molar-refractivity contribution in [3.05, 3.63) is 29.0 Å². The molecular weight excluding hydrogens is 248 g/mol. The molecule has 1 fully saturated rings. The third-order valence-corrected chi connectivity index (χ3v) is 4.16. The van der Waals surface area contributed by atoms with E-state index < -0.39 is 0 Å². The highest BCUT2D eigenvalue weighted by atomic mass is 35.5. The van der Waals surface area contributed by atoms with Crippen LogP contribution >= 0.6 is 11.6 Å². The summed E-state index contributed by atoms with van der Waals surface area (Å²) in [6.07, 6.45) is 7.71. The molecule has 1 aliphatic rings. The number of hydrogen-bond acceptors (Lipinski definition) is 2. The molecule has 0 radical (unpaired) electrons. The van der Waals surface area contributed by atoms with Crippen molar-refractivity contribution in [1.29, 1.82) is 0 Å². The van der Waals surface area contributed by atoms with Crippen LogP contribution in [0.15, 0.2) is 18.5 Å². The molecule has 0 N–H and O–H groups in total. The predicted molar refractivity (Wildman–Crippen MR) is 72.8 cm³/mol. The Morgan fingerprint density at radius 2 is 2.06 bits per heavy atom. The number of hydrogen-bond donors (Lipinski definition) is 0. The normalized spacial score (nSPS) is 23.7. The smallest absolute Gasteiger partial charge is 0.255 e. The molecule has 18 heavy (non-hydrogen) atoms. The number of rotatable bonds is 2. The number of pyridine rings is 1. The fourth-order valence-corrected chi connectivity index (χ4v) is 2.73. The van der Waals surface area contributed by atoms with Crippen LogP contribution in [-0.4, -0.2) is 28.9 Å². The Morgan fingerprint density at radius 1 is 1.39 bits per heavy atom. The summed E-state index contributed by atoms with van der Waals surface area (Å²) in [5.41, 5.74) is 0.549. The molecule has 0 saturated heterocycles. The van der Waals surface area contributed by atoms with Gasteiger partial charge in [0.2, 0.25) is 0 Å². The summed E-state index contributed by atoms with van der Waals surface area (Å²) < 4.78 is 0. The minimum Gasteiger partial charge on any atom is -0.339 e. The van der Waals surface area contributed by atoms with Crippen molar-refractivity contribution in [3.63, 3.8) is 0 Å². The van der Waals surface area contributed by atoms with E-state index in [9.17, 15) is 4.79 Å². The summed E-state index contributed by atoms with van der Waals surface area (Å²) in [5.74, 6) is 0.788. The van der Waals surface area contributed by atoms with Gasteiger partial charge in [0.1, 0.15) is 0 Å². The van der Waals surface area contributed by atoms with Gasteiger partial charge in [-0.05, 0) is 37.7 Å². The Kier molecular flexibility index (Phi) is 4.23. The van der Waals surface area contributed by atoms with Crippen molar-refractivity contribution in [2.75, 3.05) is 7.05 Å². The average Bonchev–Trinajstić information content (AvgIpc) is 2.38. The maximum absolute atomic E-state index is 12.4. The fourth-order valence-electron chi connectivity index (χ4n) is 2.53. The first-order valence-corrected chi connectivity index (χ1v) is 6.84. The van der Waals surface area contributed by atoms with Gasteiger partial charge in [-0.3, -0.25) is 9.78 Å². The Morgan fingerprint density at radius 3 is 2.67 bits per heavy atom. The molecule has 1 saturated carbocycles. The highest BCUT2D eigenvalue weighted by molar-refractivity contribution is 6.33. The van der Waals surface area contributed by atoms with E-state index in [1.807, 2.05) is 11.9 Å². The summed E-state index contributed by atoms with van der Waals surface area (Å²) in [4.78, 5) is 18.1. The van der Waals surface area contributed by atoms with Crippen molar-refractivity contribution in [1.82, 2.24) is 9.88 Å². The monoisotopic (exact) mass is 266 g/mol. The van der Waals surface area contributed by atoms with E-state index in [1.165, 1.54) is 19.0 Å². The number of nitrogens with zero attached hydrogens (tertiary/aromatic N) is 2. The SMILES string of the molecule is CC1CCC(N(C)C(=O)c2ccncc2Cl)CC1. The van der Waals surface area contributed by atoms with Crippen molar-refractivity contribution in [3.8, 4) is 0 Å². The summed E-state index contributed by atoms with van der Waals surface area (Å²) in [6, 6.07) is 2.03. The Balaban J connectivity index is 2.07. The van der Waals surface area contributed by atoms with E-state index in [0.29, 0.717) is 16.6 Å². The summed E-state index contributed by atoms with van der Waals surface area (Å²) in [5, 5.41) is 0.429. The first-order chi connectivity index (χ1) is 8.59. The van der Waals surface area contributed by atoms with Gasteiger partial charge >= 0.3 is 0 Å². The predicted octanol–water partition coefficient (Wildman–Crippen LogP) is 3.39. The summed E-state index contributed by atoms with van der Waals surface area (Å²) in [7, 11) is 1.87. The zero-order chi connectivity index (χ0) is 13.1. The third kappa shape index (κ3) is 2.83. The minimum atomic E-state index is 0.00181. The zero-order valence-electron chi connectivity index (χ0n) is 10.9. The molecule has 1 heterocycles. The van der Waals surface area contributed by atoms with E-state index in [2.05, 4.69) is 11.9 Å². The van der Waals surface area contributed by atoms with Crippen LogP contribution in [0, 0.1) is 5.92 Å². The van der Waals surface area contributed by atoms with Gasteiger partial charge in [-0.1, -0.05) is 18.5 Å². The van der Waals surface area contributed by atoms with Crippen molar-refractivity contribution < 1.29 is 4.79 Å². The van der Waals surface area contributed by atoms with Crippen LogP contribution in [-0.2, 0) is 0 Å². The van der Waals surface area contributed by atoms with Gasteiger partial charge in [-0.25, -0.2) is 0 Å². The quantitative estimate of drug-likeness (QED) is 0.822. The number of carbonyl (C=O) groups excluding carboxylic acids is 1. The molecule has 3 nitrogen and oxygen atoms in total. The number of carbonyl (C=O) groups is 1. The second kappa shape index (κ2) is 5.70. The summed E-state index contributed by atoms with van der Waals surface area (Å²) >= 11 is 6.02. The van der Waals surface area contributed by atoms with Gasteiger partial charge < -0.3 is 4.90 Å². The maximum Gasteiger partial charge on any atom is 0.255 e. The standard InChI is InChI=1S/C14H19ClN2O/c1-10-3-5-11(6-4-10)17(2)14(18)12-7-8-16-9-13(12)15/h7-11H,3-6H2,1-2H3. The van der Waals surface area contributed by atoms with Crippen molar-refractivity contribution in [2.45, 2.75) is 38.6 Å². The molecule has 1 aliphatic carbocycles. The van der Waals surface area contributed by atoms with E-state index in [0.717, 1.165) is 18.8 Å². The van der Waals surface area contributed by atoms with Crippen molar-refractivity contribution >= 4 is 17.5 Å². The molecule has 0 aromatic carbocycles. The molecule has 2 rings (SSSR count). The molecule has 0 bridgehead atoms. The van der Waals surface area contributed by atoms with Crippen LogP contribution in [0.4, 0.5) is 0 Å². The van der Waals surface area contributed by atoms with Crippen molar-refractivity contribution in [2.24, 2.45) is 5.92 Å². The summed E-state index contributed by atoms with van der Waals surface area (Å²) in [6.45, 7) is 2.28. The Hall–Kier alpha value is -1.09. The van der Waals surface area contributed by atoms with Gasteiger partial charge in [0.05, 0.1) is 10.6 Å². The van der Waals surface area contributed by atoms with Crippen LogP contribution in [0.3, 0.4) is 0 Å². The third-order valence-electron chi connectivity index (χ3n) is 3.86. The Labute approximate surface area is 113 Å². The van der Waals surface area contributed by atoms with Crippen LogP contribution in [0.1, 0.15) is 43.0 Å². The topological polar surface area (TPSA) is 33.2 Å². The average molecular weight is 267 g/mol. The van der Waals surface area contributed by atoms with Gasteiger partial charge in [0.25, 0.3) is 5.91 Å².